The molecular formula is C22H31N3O3. The molecule has 1 aliphatic heterocycles. The lowest BCUT2D eigenvalue weighted by molar-refractivity contribution is -0.138. The van der Waals surface area contributed by atoms with E-state index in [0.29, 0.717) is 12.5 Å². The highest BCUT2D eigenvalue weighted by atomic mass is 16.5. The molecule has 6 heteroatoms. The van der Waals surface area contributed by atoms with E-state index in [9.17, 15) is 9.59 Å². The fraction of sp³-hybridized carbons (Fsp3) is 0.591. The molecule has 1 aromatic heterocycles. The number of carbonyl (C=O) groups excluding carboxylic acids is 2. The number of pyridine rings is 1. The molecule has 1 saturated carbocycles. The van der Waals surface area contributed by atoms with Crippen LogP contribution in [0, 0.1) is 5.92 Å². The molecule has 1 saturated heterocycles. The first kappa shape index (κ1) is 20.4. The van der Waals surface area contributed by atoms with Crippen LogP contribution in [0.4, 0.5) is 5.82 Å². The summed E-state index contributed by atoms with van der Waals surface area (Å²) in [6.07, 6.45) is 12.6. The predicted octanol–water partition coefficient (Wildman–Crippen LogP) is 3.64. The number of amides is 1. The first-order chi connectivity index (χ1) is 13.7. The summed E-state index contributed by atoms with van der Waals surface area (Å²) in [7, 11) is 0. The largest absolute Gasteiger partial charge is 0.463 e. The van der Waals surface area contributed by atoms with E-state index in [4.69, 9.17) is 4.74 Å². The van der Waals surface area contributed by atoms with Gasteiger partial charge in [-0.05, 0) is 56.4 Å². The molecule has 2 heterocycles. The summed E-state index contributed by atoms with van der Waals surface area (Å²) >= 11 is 0. The maximum atomic E-state index is 12.8. The van der Waals surface area contributed by atoms with E-state index >= 15 is 0 Å². The topological polar surface area (TPSA) is 71.5 Å². The third-order valence-electron chi connectivity index (χ3n) is 5.52. The summed E-state index contributed by atoms with van der Waals surface area (Å²) in [6, 6.07) is 4.06. The summed E-state index contributed by atoms with van der Waals surface area (Å²) in [6.45, 7) is 3.77. The van der Waals surface area contributed by atoms with E-state index < -0.39 is 0 Å². The van der Waals surface area contributed by atoms with Crippen molar-refractivity contribution < 1.29 is 14.3 Å². The minimum atomic E-state index is -0.352. The van der Waals surface area contributed by atoms with Crippen LogP contribution < -0.4 is 5.32 Å². The van der Waals surface area contributed by atoms with Gasteiger partial charge in [-0.1, -0.05) is 19.3 Å². The summed E-state index contributed by atoms with van der Waals surface area (Å²) in [5.74, 6) is 1.02. The normalized spacial score (nSPS) is 20.9. The van der Waals surface area contributed by atoms with Crippen LogP contribution in [0.3, 0.4) is 0 Å². The van der Waals surface area contributed by atoms with E-state index in [0.717, 1.165) is 50.2 Å². The zero-order chi connectivity index (χ0) is 19.8. The molecule has 0 unspecified atom stereocenters. The van der Waals surface area contributed by atoms with Gasteiger partial charge in [0.25, 0.3) is 0 Å². The SMILES string of the molecule is CCOC(=O)/C=C/c1ccc(N[C@@H]2CCCN(C(=O)C3CCCCC3)C2)nc1. The lowest BCUT2D eigenvalue weighted by Gasteiger charge is -2.36. The Bertz CT molecular complexity index is 681. The molecule has 2 aliphatic rings. The zero-order valence-electron chi connectivity index (χ0n) is 16.7. The number of hydrogen-bond donors (Lipinski definition) is 1. The summed E-state index contributed by atoms with van der Waals surface area (Å²) < 4.78 is 4.87. The summed E-state index contributed by atoms with van der Waals surface area (Å²) in [5, 5.41) is 3.46. The molecule has 3 rings (SSSR count). The lowest BCUT2D eigenvalue weighted by Crippen LogP contribution is -2.47. The van der Waals surface area contributed by atoms with Gasteiger partial charge in [-0.3, -0.25) is 4.79 Å². The van der Waals surface area contributed by atoms with Crippen LogP contribution in [0.5, 0.6) is 0 Å². The van der Waals surface area contributed by atoms with Crippen LogP contribution >= 0.6 is 0 Å². The highest BCUT2D eigenvalue weighted by molar-refractivity contribution is 5.87. The van der Waals surface area contributed by atoms with Crippen molar-refractivity contribution in [2.75, 3.05) is 25.0 Å². The van der Waals surface area contributed by atoms with Gasteiger partial charge in [-0.2, -0.15) is 0 Å². The first-order valence-corrected chi connectivity index (χ1v) is 10.5. The predicted molar refractivity (Wildman–Crippen MR) is 110 cm³/mol. The molecule has 1 aromatic rings. The van der Waals surface area contributed by atoms with Crippen molar-refractivity contribution in [2.24, 2.45) is 5.92 Å². The molecule has 0 aromatic carbocycles. The molecule has 2 fully saturated rings. The number of nitrogens with one attached hydrogen (secondary N) is 1. The fourth-order valence-corrected chi connectivity index (χ4v) is 4.06. The molecule has 0 bridgehead atoms. The third-order valence-corrected chi connectivity index (χ3v) is 5.52. The summed E-state index contributed by atoms with van der Waals surface area (Å²) in [5.41, 5.74) is 0.844. The van der Waals surface area contributed by atoms with Gasteiger partial charge in [0, 0.05) is 37.3 Å². The second-order valence-corrected chi connectivity index (χ2v) is 7.66. The van der Waals surface area contributed by atoms with Crippen LogP contribution in [-0.4, -0.2) is 47.5 Å². The number of aromatic nitrogens is 1. The molecule has 6 nitrogen and oxygen atoms in total. The maximum Gasteiger partial charge on any atom is 0.330 e. The van der Waals surface area contributed by atoms with Crippen molar-refractivity contribution in [2.45, 2.75) is 57.9 Å². The third kappa shape index (κ3) is 5.81. The molecule has 0 spiro atoms. The number of rotatable bonds is 6. The van der Waals surface area contributed by atoms with Crippen LogP contribution in [0.25, 0.3) is 6.08 Å². The molecule has 28 heavy (non-hydrogen) atoms. The van der Waals surface area contributed by atoms with Gasteiger partial charge in [-0.25, -0.2) is 9.78 Å². The second-order valence-electron chi connectivity index (χ2n) is 7.66. The number of likely N-dealkylation sites (tertiary alicyclic amines) is 1. The standard InChI is InChI=1S/C22H31N3O3/c1-2-28-21(26)13-11-17-10-12-20(23-15-17)24-19-9-6-14-25(16-19)22(27)18-7-4-3-5-8-18/h10-13,15,18-19H,2-9,14,16H2,1H3,(H,23,24)/b13-11+/t19-/m1/s1. The van der Waals surface area contributed by atoms with Crippen molar-refractivity contribution in [1.29, 1.82) is 0 Å². The number of hydrogen-bond acceptors (Lipinski definition) is 5. The van der Waals surface area contributed by atoms with Crippen LogP contribution in [0.15, 0.2) is 24.4 Å². The van der Waals surface area contributed by atoms with E-state index in [1.54, 1.807) is 19.2 Å². The highest BCUT2D eigenvalue weighted by Gasteiger charge is 2.29. The summed E-state index contributed by atoms with van der Waals surface area (Å²) in [4.78, 5) is 30.7. The van der Waals surface area contributed by atoms with E-state index in [2.05, 4.69) is 10.3 Å². The Hall–Kier alpha value is -2.37. The molecule has 1 N–H and O–H groups in total. The number of anilines is 1. The number of carbonyl (C=O) groups is 2. The van der Waals surface area contributed by atoms with Crippen molar-refractivity contribution in [3.8, 4) is 0 Å². The van der Waals surface area contributed by atoms with Gasteiger partial charge in [-0.15, -0.1) is 0 Å². The Morgan fingerprint density at radius 1 is 1.21 bits per heavy atom. The van der Waals surface area contributed by atoms with Crippen molar-refractivity contribution in [3.63, 3.8) is 0 Å². The lowest BCUT2D eigenvalue weighted by atomic mass is 9.87. The van der Waals surface area contributed by atoms with E-state index in [-0.39, 0.29) is 17.9 Å². The van der Waals surface area contributed by atoms with Gasteiger partial charge in [0.1, 0.15) is 5.82 Å². The second kappa shape index (κ2) is 10.2. The Morgan fingerprint density at radius 2 is 2.04 bits per heavy atom. The Morgan fingerprint density at radius 3 is 2.75 bits per heavy atom. The maximum absolute atomic E-state index is 12.8. The van der Waals surface area contributed by atoms with Gasteiger partial charge in [0.15, 0.2) is 0 Å². The average Bonchev–Trinajstić information content (AvgIpc) is 2.74. The smallest absolute Gasteiger partial charge is 0.330 e. The molecule has 1 aliphatic carbocycles. The Labute approximate surface area is 167 Å². The quantitative estimate of drug-likeness (QED) is 0.598. The van der Waals surface area contributed by atoms with Crippen LogP contribution in [-0.2, 0) is 14.3 Å². The van der Waals surface area contributed by atoms with Crippen LogP contribution in [0.1, 0.15) is 57.4 Å². The molecular weight excluding hydrogens is 354 g/mol. The van der Waals surface area contributed by atoms with Gasteiger partial charge in [0.05, 0.1) is 6.61 Å². The molecule has 0 radical (unpaired) electrons. The minimum absolute atomic E-state index is 0.231. The Balaban J connectivity index is 1.51. The number of nitrogens with zero attached hydrogens (tertiary/aromatic N) is 2. The number of ether oxygens (including phenoxy) is 1. The Kier molecular flexibility index (Phi) is 7.46. The van der Waals surface area contributed by atoms with E-state index in [1.807, 2.05) is 17.0 Å². The monoisotopic (exact) mass is 385 g/mol. The highest BCUT2D eigenvalue weighted by Crippen LogP contribution is 2.27. The van der Waals surface area contributed by atoms with Gasteiger partial charge in [0.2, 0.25) is 5.91 Å². The van der Waals surface area contributed by atoms with Crippen molar-refractivity contribution in [1.82, 2.24) is 9.88 Å². The zero-order valence-corrected chi connectivity index (χ0v) is 16.7. The van der Waals surface area contributed by atoms with Gasteiger partial charge < -0.3 is 15.0 Å². The average molecular weight is 386 g/mol. The van der Waals surface area contributed by atoms with Crippen LogP contribution in [0.2, 0.25) is 0 Å². The molecule has 1 atom stereocenters. The minimum Gasteiger partial charge on any atom is -0.463 e. The molecule has 152 valence electrons. The number of esters is 1. The fourth-order valence-electron chi connectivity index (χ4n) is 4.06. The van der Waals surface area contributed by atoms with Gasteiger partial charge >= 0.3 is 5.97 Å². The molecule has 1 amide bonds. The number of piperidine rings is 1. The van der Waals surface area contributed by atoms with E-state index in [1.165, 1.54) is 25.3 Å². The van der Waals surface area contributed by atoms with Crippen molar-refractivity contribution >= 4 is 23.8 Å². The first-order valence-electron chi connectivity index (χ1n) is 10.5. The van der Waals surface area contributed by atoms with Crippen molar-refractivity contribution in [3.05, 3.63) is 30.0 Å².